The SMILES string of the molecule is CC1(C)OC(=O)C(=Cc2cccc(OCC(N)=O)c2)C(=O)O1. The molecule has 1 aromatic carbocycles. The molecule has 2 rings (SSSR count). The molecular formula is C15H15NO6. The van der Waals surface area contributed by atoms with Crippen LogP contribution in [0.3, 0.4) is 0 Å². The van der Waals surface area contributed by atoms with Gasteiger partial charge in [0.15, 0.2) is 6.61 Å². The Morgan fingerprint density at radius 1 is 1.27 bits per heavy atom. The highest BCUT2D eigenvalue weighted by Gasteiger charge is 2.38. The zero-order valence-corrected chi connectivity index (χ0v) is 12.1. The molecule has 22 heavy (non-hydrogen) atoms. The second kappa shape index (κ2) is 5.88. The van der Waals surface area contributed by atoms with Crippen LogP contribution in [-0.4, -0.2) is 30.2 Å². The average Bonchev–Trinajstić information content (AvgIpc) is 2.40. The standard InChI is InChI=1S/C15H15NO6/c1-15(2)21-13(18)11(14(19)22-15)7-9-4-3-5-10(6-9)20-8-12(16)17/h3-7H,8H2,1-2H3,(H2,16,17). The number of hydrogen-bond donors (Lipinski definition) is 1. The van der Waals surface area contributed by atoms with Gasteiger partial charge in [-0.1, -0.05) is 12.1 Å². The second-order valence-electron chi connectivity index (χ2n) is 5.06. The van der Waals surface area contributed by atoms with Crippen molar-refractivity contribution >= 4 is 23.9 Å². The van der Waals surface area contributed by atoms with Gasteiger partial charge in [0.2, 0.25) is 0 Å². The molecule has 0 spiro atoms. The van der Waals surface area contributed by atoms with Crippen LogP contribution in [0.4, 0.5) is 0 Å². The van der Waals surface area contributed by atoms with Gasteiger partial charge in [-0.25, -0.2) is 9.59 Å². The highest BCUT2D eigenvalue weighted by Crippen LogP contribution is 2.25. The number of rotatable bonds is 4. The van der Waals surface area contributed by atoms with Gasteiger partial charge in [0, 0.05) is 13.8 Å². The second-order valence-corrected chi connectivity index (χ2v) is 5.06. The smallest absolute Gasteiger partial charge is 0.348 e. The number of nitrogens with two attached hydrogens (primary N) is 1. The Morgan fingerprint density at radius 2 is 1.91 bits per heavy atom. The van der Waals surface area contributed by atoms with Crippen LogP contribution >= 0.6 is 0 Å². The summed E-state index contributed by atoms with van der Waals surface area (Å²) in [6.45, 7) is 2.67. The lowest BCUT2D eigenvalue weighted by atomic mass is 10.1. The van der Waals surface area contributed by atoms with Gasteiger partial charge in [-0.05, 0) is 23.8 Å². The molecule has 0 aliphatic carbocycles. The van der Waals surface area contributed by atoms with Crippen molar-refractivity contribution in [3.05, 3.63) is 35.4 Å². The Kier molecular flexibility index (Phi) is 4.16. The summed E-state index contributed by atoms with van der Waals surface area (Å²) in [5.74, 6) is -3.02. The van der Waals surface area contributed by atoms with Crippen LogP contribution < -0.4 is 10.5 Å². The Hall–Kier alpha value is -2.83. The van der Waals surface area contributed by atoms with Gasteiger partial charge in [-0.3, -0.25) is 4.79 Å². The van der Waals surface area contributed by atoms with E-state index in [1.807, 2.05) is 0 Å². The van der Waals surface area contributed by atoms with E-state index >= 15 is 0 Å². The van der Waals surface area contributed by atoms with Crippen LogP contribution in [-0.2, 0) is 23.9 Å². The predicted molar refractivity (Wildman–Crippen MR) is 75.4 cm³/mol. The Morgan fingerprint density at radius 3 is 2.50 bits per heavy atom. The molecule has 0 bridgehead atoms. The van der Waals surface area contributed by atoms with E-state index in [9.17, 15) is 14.4 Å². The van der Waals surface area contributed by atoms with Gasteiger partial charge in [-0.15, -0.1) is 0 Å². The summed E-state index contributed by atoms with van der Waals surface area (Å²) in [4.78, 5) is 34.4. The molecular weight excluding hydrogens is 290 g/mol. The lowest BCUT2D eigenvalue weighted by molar-refractivity contribution is -0.222. The number of cyclic esters (lactones) is 2. The summed E-state index contributed by atoms with van der Waals surface area (Å²) in [5, 5.41) is 0. The van der Waals surface area contributed by atoms with Crippen molar-refractivity contribution in [2.45, 2.75) is 19.6 Å². The van der Waals surface area contributed by atoms with Crippen LogP contribution in [0.2, 0.25) is 0 Å². The van der Waals surface area contributed by atoms with E-state index < -0.39 is 23.6 Å². The maximum atomic E-state index is 11.8. The van der Waals surface area contributed by atoms with Crippen molar-refractivity contribution in [2.75, 3.05) is 6.61 Å². The predicted octanol–water partition coefficient (Wildman–Crippen LogP) is 0.770. The molecule has 0 aromatic heterocycles. The quantitative estimate of drug-likeness (QED) is 0.500. The molecule has 0 saturated carbocycles. The molecule has 1 fully saturated rings. The topological polar surface area (TPSA) is 105 Å². The van der Waals surface area contributed by atoms with E-state index in [0.29, 0.717) is 11.3 Å². The first kappa shape index (κ1) is 15.6. The zero-order valence-electron chi connectivity index (χ0n) is 12.1. The molecule has 0 radical (unpaired) electrons. The number of ether oxygens (including phenoxy) is 3. The van der Waals surface area contributed by atoms with Crippen LogP contribution in [0.25, 0.3) is 6.08 Å². The van der Waals surface area contributed by atoms with Crippen molar-refractivity contribution in [2.24, 2.45) is 5.73 Å². The minimum absolute atomic E-state index is 0.216. The Balaban J connectivity index is 2.22. The summed E-state index contributed by atoms with van der Waals surface area (Å²) in [6.07, 6.45) is 1.33. The Labute approximate surface area is 126 Å². The molecule has 0 atom stereocenters. The van der Waals surface area contributed by atoms with E-state index in [2.05, 4.69) is 0 Å². The van der Waals surface area contributed by atoms with Gasteiger partial charge >= 0.3 is 11.9 Å². The van der Waals surface area contributed by atoms with E-state index in [1.165, 1.54) is 19.9 Å². The molecule has 1 heterocycles. The van der Waals surface area contributed by atoms with Gasteiger partial charge in [-0.2, -0.15) is 0 Å². The number of amides is 1. The van der Waals surface area contributed by atoms with Crippen molar-refractivity contribution in [3.63, 3.8) is 0 Å². The van der Waals surface area contributed by atoms with E-state index in [1.54, 1.807) is 24.3 Å². The van der Waals surface area contributed by atoms with E-state index in [-0.39, 0.29) is 12.2 Å². The summed E-state index contributed by atoms with van der Waals surface area (Å²) < 4.78 is 15.1. The fourth-order valence-electron chi connectivity index (χ4n) is 1.79. The third-order valence-corrected chi connectivity index (χ3v) is 2.67. The molecule has 0 unspecified atom stereocenters. The van der Waals surface area contributed by atoms with E-state index in [0.717, 1.165) is 0 Å². The first-order valence-corrected chi connectivity index (χ1v) is 6.46. The number of benzene rings is 1. The van der Waals surface area contributed by atoms with E-state index in [4.69, 9.17) is 19.9 Å². The van der Waals surface area contributed by atoms with Crippen LogP contribution in [0.1, 0.15) is 19.4 Å². The normalized spacial score (nSPS) is 16.5. The Bertz CT molecular complexity index is 640. The monoisotopic (exact) mass is 305 g/mol. The maximum absolute atomic E-state index is 11.8. The van der Waals surface area contributed by atoms with Crippen molar-refractivity contribution in [1.82, 2.24) is 0 Å². The molecule has 7 heteroatoms. The molecule has 116 valence electrons. The molecule has 1 saturated heterocycles. The highest BCUT2D eigenvalue weighted by atomic mass is 16.7. The van der Waals surface area contributed by atoms with Gasteiger partial charge in [0.05, 0.1) is 0 Å². The molecule has 1 aromatic rings. The van der Waals surface area contributed by atoms with Gasteiger partial charge < -0.3 is 19.9 Å². The number of esters is 2. The fraction of sp³-hybridized carbons (Fsp3) is 0.267. The fourth-order valence-corrected chi connectivity index (χ4v) is 1.79. The molecule has 1 amide bonds. The lowest BCUT2D eigenvalue weighted by Crippen LogP contribution is -2.41. The summed E-state index contributed by atoms with van der Waals surface area (Å²) >= 11 is 0. The molecule has 2 N–H and O–H groups in total. The number of primary amides is 1. The average molecular weight is 305 g/mol. The number of carbonyl (C=O) groups is 3. The molecule has 7 nitrogen and oxygen atoms in total. The first-order chi connectivity index (χ1) is 10.3. The first-order valence-electron chi connectivity index (χ1n) is 6.46. The molecule has 1 aliphatic heterocycles. The third kappa shape index (κ3) is 3.85. The van der Waals surface area contributed by atoms with Crippen molar-refractivity contribution < 1.29 is 28.6 Å². The largest absolute Gasteiger partial charge is 0.484 e. The zero-order chi connectivity index (χ0) is 16.3. The number of carbonyl (C=O) groups excluding carboxylic acids is 3. The minimum atomic E-state index is -1.28. The third-order valence-electron chi connectivity index (χ3n) is 2.67. The van der Waals surface area contributed by atoms with Gasteiger partial charge in [0.1, 0.15) is 11.3 Å². The highest BCUT2D eigenvalue weighted by molar-refractivity contribution is 6.18. The van der Waals surface area contributed by atoms with Crippen molar-refractivity contribution in [1.29, 1.82) is 0 Å². The maximum Gasteiger partial charge on any atom is 0.348 e. The molecule has 1 aliphatic rings. The summed E-state index contributed by atoms with van der Waals surface area (Å²) in [7, 11) is 0. The van der Waals surface area contributed by atoms with Crippen LogP contribution in [0, 0.1) is 0 Å². The van der Waals surface area contributed by atoms with Crippen LogP contribution in [0.15, 0.2) is 29.8 Å². The summed E-state index contributed by atoms with van der Waals surface area (Å²) in [6, 6.07) is 6.47. The van der Waals surface area contributed by atoms with Crippen LogP contribution in [0.5, 0.6) is 5.75 Å². The van der Waals surface area contributed by atoms with Crippen molar-refractivity contribution in [3.8, 4) is 5.75 Å². The van der Waals surface area contributed by atoms with Gasteiger partial charge in [0.25, 0.3) is 11.7 Å². The minimum Gasteiger partial charge on any atom is -0.484 e. The number of hydrogen-bond acceptors (Lipinski definition) is 6. The summed E-state index contributed by atoms with van der Waals surface area (Å²) in [5.41, 5.74) is 5.29. The lowest BCUT2D eigenvalue weighted by Gasteiger charge is -2.29.